The predicted molar refractivity (Wildman–Crippen MR) is 93.0 cm³/mol. The fourth-order valence-corrected chi connectivity index (χ4v) is 2.53. The number of aromatic nitrogens is 1. The molecule has 0 aromatic carbocycles. The first-order valence-electron chi connectivity index (χ1n) is 8.36. The fraction of sp³-hybridized carbons (Fsp3) is 0.647. The molecule has 2 heterocycles. The molecule has 6 heteroatoms. The first kappa shape index (κ1) is 17.4. The average Bonchev–Trinajstić information content (AvgIpc) is 2.99. The van der Waals surface area contributed by atoms with Crippen LogP contribution in [0.5, 0.6) is 0 Å². The molecule has 1 aromatic rings. The summed E-state index contributed by atoms with van der Waals surface area (Å²) in [5.74, 6) is 1.03. The van der Waals surface area contributed by atoms with Crippen LogP contribution < -0.4 is 15.5 Å². The largest absolute Gasteiger partial charge is 0.444 e. The zero-order valence-electron chi connectivity index (χ0n) is 14.4. The van der Waals surface area contributed by atoms with Crippen molar-refractivity contribution >= 4 is 17.6 Å². The van der Waals surface area contributed by atoms with Gasteiger partial charge in [-0.3, -0.25) is 0 Å². The van der Waals surface area contributed by atoms with Crippen molar-refractivity contribution in [2.45, 2.75) is 45.6 Å². The highest BCUT2D eigenvalue weighted by Crippen LogP contribution is 2.25. The standard InChI is InChI=1S/C17H28N4O2/c1-17(2,3)23-16(22)20-11-7-10-18-14-8-6-9-19-15(14)21-12-4-5-13-21/h6,8-9,18H,4-5,7,10-13H2,1-3H3,(H,20,22). The average molecular weight is 320 g/mol. The Morgan fingerprint density at radius 3 is 2.74 bits per heavy atom. The number of pyridine rings is 1. The van der Waals surface area contributed by atoms with E-state index < -0.39 is 5.60 Å². The highest BCUT2D eigenvalue weighted by Gasteiger charge is 2.17. The molecule has 0 bridgehead atoms. The van der Waals surface area contributed by atoms with Gasteiger partial charge >= 0.3 is 6.09 Å². The molecule has 2 N–H and O–H groups in total. The van der Waals surface area contributed by atoms with Crippen molar-refractivity contribution in [1.82, 2.24) is 10.3 Å². The van der Waals surface area contributed by atoms with Crippen molar-refractivity contribution in [1.29, 1.82) is 0 Å². The first-order valence-corrected chi connectivity index (χ1v) is 8.36. The summed E-state index contributed by atoms with van der Waals surface area (Å²) in [5, 5.41) is 6.18. The Hall–Kier alpha value is -1.98. The van der Waals surface area contributed by atoms with Gasteiger partial charge in [0.25, 0.3) is 0 Å². The zero-order chi connectivity index (χ0) is 16.7. The summed E-state index contributed by atoms with van der Waals surface area (Å²) in [6.45, 7) is 9.09. The van der Waals surface area contributed by atoms with Crippen LogP contribution in [0.2, 0.25) is 0 Å². The number of nitrogens with one attached hydrogen (secondary N) is 2. The molecule has 0 saturated carbocycles. The number of carbonyl (C=O) groups excluding carboxylic acids is 1. The van der Waals surface area contributed by atoms with Crippen molar-refractivity contribution < 1.29 is 9.53 Å². The third-order valence-electron chi connectivity index (χ3n) is 3.53. The third-order valence-corrected chi connectivity index (χ3v) is 3.53. The monoisotopic (exact) mass is 320 g/mol. The minimum atomic E-state index is -0.456. The number of nitrogens with zero attached hydrogens (tertiary/aromatic N) is 2. The summed E-state index contributed by atoms with van der Waals surface area (Å²) in [5.41, 5.74) is 0.606. The SMILES string of the molecule is CC(C)(C)OC(=O)NCCCNc1cccnc1N1CCCC1. The molecule has 128 valence electrons. The highest BCUT2D eigenvalue weighted by molar-refractivity contribution is 5.67. The second-order valence-electron chi connectivity index (χ2n) is 6.78. The molecule has 2 rings (SSSR count). The van der Waals surface area contributed by atoms with Crippen LogP contribution in [0.25, 0.3) is 0 Å². The van der Waals surface area contributed by atoms with E-state index in [1.807, 2.05) is 33.0 Å². The van der Waals surface area contributed by atoms with Crippen LogP contribution >= 0.6 is 0 Å². The summed E-state index contributed by atoms with van der Waals surface area (Å²) in [6, 6.07) is 4.00. The molecular formula is C17H28N4O2. The maximum atomic E-state index is 11.5. The van der Waals surface area contributed by atoms with Crippen LogP contribution in [-0.4, -0.2) is 42.9 Å². The number of hydrogen-bond acceptors (Lipinski definition) is 5. The number of hydrogen-bond donors (Lipinski definition) is 2. The summed E-state index contributed by atoms with van der Waals surface area (Å²) < 4.78 is 5.20. The van der Waals surface area contributed by atoms with Crippen molar-refractivity contribution in [3.63, 3.8) is 0 Å². The van der Waals surface area contributed by atoms with Crippen molar-refractivity contribution in [3.8, 4) is 0 Å². The van der Waals surface area contributed by atoms with Gasteiger partial charge in [-0.15, -0.1) is 0 Å². The summed E-state index contributed by atoms with van der Waals surface area (Å²) >= 11 is 0. The van der Waals surface area contributed by atoms with E-state index in [0.29, 0.717) is 6.54 Å². The number of carbonyl (C=O) groups is 1. The Kier molecular flexibility index (Phi) is 6.07. The Bertz CT molecular complexity index is 508. The number of amides is 1. The quantitative estimate of drug-likeness (QED) is 0.789. The molecule has 0 radical (unpaired) electrons. The molecule has 0 aliphatic carbocycles. The van der Waals surface area contributed by atoms with Crippen LogP contribution in [0.3, 0.4) is 0 Å². The molecule has 1 aliphatic heterocycles. The van der Waals surface area contributed by atoms with Crippen LogP contribution in [0, 0.1) is 0 Å². The Balaban J connectivity index is 1.71. The lowest BCUT2D eigenvalue weighted by molar-refractivity contribution is 0.0528. The van der Waals surface area contributed by atoms with Crippen molar-refractivity contribution in [2.24, 2.45) is 0 Å². The highest BCUT2D eigenvalue weighted by atomic mass is 16.6. The maximum absolute atomic E-state index is 11.5. The lowest BCUT2D eigenvalue weighted by Gasteiger charge is -2.21. The van der Waals surface area contributed by atoms with E-state index in [1.54, 1.807) is 0 Å². The number of rotatable bonds is 6. The zero-order valence-corrected chi connectivity index (χ0v) is 14.4. The smallest absolute Gasteiger partial charge is 0.407 e. The van der Waals surface area contributed by atoms with Gasteiger partial charge in [0.2, 0.25) is 0 Å². The minimum absolute atomic E-state index is 0.364. The Morgan fingerprint density at radius 1 is 1.30 bits per heavy atom. The van der Waals surface area contributed by atoms with Gasteiger partial charge in [0.05, 0.1) is 5.69 Å². The van der Waals surface area contributed by atoms with Gasteiger partial charge < -0.3 is 20.3 Å². The van der Waals surface area contributed by atoms with Gasteiger partial charge in [0, 0.05) is 32.4 Å². The van der Waals surface area contributed by atoms with E-state index in [9.17, 15) is 4.79 Å². The van der Waals surface area contributed by atoms with E-state index in [2.05, 4.69) is 26.6 Å². The molecular weight excluding hydrogens is 292 g/mol. The molecule has 1 fully saturated rings. The molecule has 1 aliphatic rings. The molecule has 6 nitrogen and oxygen atoms in total. The summed E-state index contributed by atoms with van der Waals surface area (Å²) in [6.07, 6.45) is 4.76. The van der Waals surface area contributed by atoms with Crippen LogP contribution in [0.4, 0.5) is 16.3 Å². The third kappa shape index (κ3) is 5.96. The van der Waals surface area contributed by atoms with Crippen LogP contribution in [0.1, 0.15) is 40.0 Å². The molecule has 1 amide bonds. The van der Waals surface area contributed by atoms with Crippen LogP contribution in [-0.2, 0) is 4.74 Å². The van der Waals surface area contributed by atoms with E-state index in [1.165, 1.54) is 12.8 Å². The normalized spacial score (nSPS) is 14.7. The topological polar surface area (TPSA) is 66.5 Å². The maximum Gasteiger partial charge on any atom is 0.407 e. The fourth-order valence-electron chi connectivity index (χ4n) is 2.53. The van der Waals surface area contributed by atoms with Gasteiger partial charge in [-0.2, -0.15) is 0 Å². The van der Waals surface area contributed by atoms with Crippen molar-refractivity contribution in [3.05, 3.63) is 18.3 Å². The van der Waals surface area contributed by atoms with E-state index in [-0.39, 0.29) is 6.09 Å². The number of anilines is 2. The van der Waals surface area contributed by atoms with Gasteiger partial charge in [-0.25, -0.2) is 9.78 Å². The molecule has 0 atom stereocenters. The van der Waals surface area contributed by atoms with E-state index in [0.717, 1.165) is 37.6 Å². The number of alkyl carbamates (subject to hydrolysis) is 1. The van der Waals surface area contributed by atoms with Gasteiger partial charge in [-0.05, 0) is 52.2 Å². The van der Waals surface area contributed by atoms with Gasteiger partial charge in [0.15, 0.2) is 5.82 Å². The minimum Gasteiger partial charge on any atom is -0.444 e. The molecule has 0 spiro atoms. The Morgan fingerprint density at radius 2 is 2.04 bits per heavy atom. The summed E-state index contributed by atoms with van der Waals surface area (Å²) in [4.78, 5) is 18.4. The van der Waals surface area contributed by atoms with Gasteiger partial charge in [0.1, 0.15) is 5.60 Å². The number of ether oxygens (including phenoxy) is 1. The van der Waals surface area contributed by atoms with Crippen LogP contribution in [0.15, 0.2) is 18.3 Å². The lowest BCUT2D eigenvalue weighted by Crippen LogP contribution is -2.33. The molecule has 23 heavy (non-hydrogen) atoms. The molecule has 1 aromatic heterocycles. The predicted octanol–water partition coefficient (Wildman–Crippen LogP) is 3.01. The first-order chi connectivity index (χ1) is 11.0. The van der Waals surface area contributed by atoms with Crippen molar-refractivity contribution in [2.75, 3.05) is 36.4 Å². The van der Waals surface area contributed by atoms with Gasteiger partial charge in [-0.1, -0.05) is 0 Å². The van der Waals surface area contributed by atoms with E-state index in [4.69, 9.17) is 4.74 Å². The lowest BCUT2D eigenvalue weighted by atomic mass is 10.2. The Labute approximate surface area is 138 Å². The molecule has 1 saturated heterocycles. The van der Waals surface area contributed by atoms with E-state index >= 15 is 0 Å². The second kappa shape index (κ2) is 8.04. The second-order valence-corrected chi connectivity index (χ2v) is 6.78. The summed E-state index contributed by atoms with van der Waals surface area (Å²) in [7, 11) is 0. The molecule has 0 unspecified atom stereocenters.